The molecule has 6 nitrogen and oxygen atoms in total. The Balaban J connectivity index is 1.96. The Hall–Kier alpha value is -2.93. The summed E-state index contributed by atoms with van der Waals surface area (Å²) in [5.74, 6) is 0.772. The Morgan fingerprint density at radius 2 is 1.90 bits per heavy atom. The number of hydrogen-bond donors (Lipinski definition) is 1. The van der Waals surface area contributed by atoms with Gasteiger partial charge in [-0.3, -0.25) is 14.6 Å². The van der Waals surface area contributed by atoms with E-state index >= 15 is 0 Å². The van der Waals surface area contributed by atoms with Crippen LogP contribution in [0.3, 0.4) is 0 Å². The summed E-state index contributed by atoms with van der Waals surface area (Å²) in [7, 11) is 0. The summed E-state index contributed by atoms with van der Waals surface area (Å²) in [6.07, 6.45) is 1.60. The number of aromatic nitrogens is 3. The van der Waals surface area contributed by atoms with Gasteiger partial charge in [0.25, 0.3) is 6.17 Å². The van der Waals surface area contributed by atoms with Crippen LogP contribution in [0.25, 0.3) is 11.3 Å². The first-order valence-corrected chi connectivity index (χ1v) is 10.7. The van der Waals surface area contributed by atoms with Crippen LogP contribution < -0.4 is 15.1 Å². The van der Waals surface area contributed by atoms with E-state index in [1.165, 1.54) is 11.8 Å². The number of fused-ring (bicyclic) bond motifs is 3. The number of anilines is 1. The highest BCUT2D eigenvalue weighted by atomic mass is 32.2. The molecule has 2 heterocycles. The van der Waals surface area contributed by atoms with Crippen LogP contribution >= 0.6 is 11.8 Å². The zero-order valence-corrected chi connectivity index (χ0v) is 17.3. The smallest absolute Gasteiger partial charge is 0.291 e. The van der Waals surface area contributed by atoms with Crippen molar-refractivity contribution in [3.63, 3.8) is 0 Å². The number of carbonyl (C=O) groups excluding carboxylic acids is 1. The van der Waals surface area contributed by atoms with E-state index in [1.54, 1.807) is 16.5 Å². The number of carbonyl (C=O) groups is 1. The number of aromatic amines is 1. The van der Waals surface area contributed by atoms with Gasteiger partial charge in [0.05, 0.1) is 11.3 Å². The normalized spacial score (nSPS) is 15.0. The summed E-state index contributed by atoms with van der Waals surface area (Å²) in [4.78, 5) is 30.5. The first kappa shape index (κ1) is 19.4. The van der Waals surface area contributed by atoms with Gasteiger partial charge in [0.2, 0.25) is 11.1 Å². The van der Waals surface area contributed by atoms with Gasteiger partial charge in [0, 0.05) is 23.3 Å². The van der Waals surface area contributed by atoms with Gasteiger partial charge in [0.1, 0.15) is 0 Å². The minimum absolute atomic E-state index is 0.105. The van der Waals surface area contributed by atoms with Crippen molar-refractivity contribution in [1.29, 1.82) is 0 Å². The van der Waals surface area contributed by atoms with Crippen molar-refractivity contribution in [2.45, 2.75) is 38.0 Å². The first-order chi connectivity index (χ1) is 14.1. The van der Waals surface area contributed by atoms with Crippen molar-refractivity contribution in [2.24, 2.45) is 0 Å². The number of hydrogen-bond acceptors (Lipinski definition) is 4. The second kappa shape index (κ2) is 8.21. The van der Waals surface area contributed by atoms with E-state index in [1.807, 2.05) is 54.6 Å². The van der Waals surface area contributed by atoms with Gasteiger partial charge >= 0.3 is 11.3 Å². The summed E-state index contributed by atoms with van der Waals surface area (Å²) in [5.41, 5.74) is 2.58. The van der Waals surface area contributed by atoms with Crippen molar-refractivity contribution < 1.29 is 9.48 Å². The van der Waals surface area contributed by atoms with Gasteiger partial charge in [0.15, 0.2) is 0 Å². The van der Waals surface area contributed by atoms with E-state index in [4.69, 9.17) is 5.10 Å². The predicted octanol–water partition coefficient (Wildman–Crippen LogP) is 3.53. The monoisotopic (exact) mass is 407 g/mol. The van der Waals surface area contributed by atoms with E-state index in [0.717, 1.165) is 24.2 Å². The summed E-state index contributed by atoms with van der Waals surface area (Å²) in [5, 5.41) is 5.33. The molecule has 0 saturated heterocycles. The van der Waals surface area contributed by atoms with E-state index in [-0.39, 0.29) is 11.5 Å². The van der Waals surface area contributed by atoms with Gasteiger partial charge in [-0.1, -0.05) is 67.6 Å². The molecule has 0 aliphatic carbocycles. The van der Waals surface area contributed by atoms with Gasteiger partial charge in [-0.2, -0.15) is 0 Å². The Kier molecular flexibility index (Phi) is 5.49. The topological polar surface area (TPSA) is 69.9 Å². The molecule has 1 aliphatic heterocycles. The van der Waals surface area contributed by atoms with Crippen LogP contribution in [-0.2, 0) is 4.79 Å². The van der Waals surface area contributed by atoms with Crippen LogP contribution in [0.4, 0.5) is 5.69 Å². The number of benzene rings is 2. The fraction of sp³-hybridized carbons (Fsp3) is 0.273. The lowest BCUT2D eigenvalue weighted by molar-refractivity contribution is -0.763. The number of H-pyrrole nitrogens is 1. The van der Waals surface area contributed by atoms with Crippen molar-refractivity contribution in [1.82, 2.24) is 10.1 Å². The number of nitrogens with one attached hydrogen (secondary N) is 1. The molecule has 0 saturated carbocycles. The largest absolute Gasteiger partial charge is 0.325 e. The molecule has 0 spiro atoms. The molecule has 1 aliphatic rings. The molecule has 4 rings (SSSR count). The number of nitrogens with zero attached hydrogens (tertiary/aromatic N) is 3. The van der Waals surface area contributed by atoms with Crippen molar-refractivity contribution in [2.75, 3.05) is 10.7 Å². The molecule has 0 fully saturated rings. The maximum absolute atomic E-state index is 13.1. The fourth-order valence-corrected chi connectivity index (χ4v) is 4.55. The third-order valence-corrected chi connectivity index (χ3v) is 5.88. The van der Waals surface area contributed by atoms with Gasteiger partial charge < -0.3 is 0 Å². The van der Waals surface area contributed by atoms with Crippen LogP contribution in [0.5, 0.6) is 0 Å². The first-order valence-electron chi connectivity index (χ1n) is 9.75. The van der Waals surface area contributed by atoms with Crippen LogP contribution in [0.1, 0.15) is 38.4 Å². The standard InChI is InChI=1S/C22H22N4O2S/c1-3-4-14-29-22-23-20(28)19-17-12-8-9-13-18(17)25(15(2)27)21(26(19)24-22)16-10-6-5-7-11-16/h5-13,21H,3-4,14H2,1-2H3/p+1. The maximum atomic E-state index is 13.1. The predicted molar refractivity (Wildman–Crippen MR) is 114 cm³/mol. The average Bonchev–Trinajstić information content (AvgIpc) is 2.73. The Bertz CT molecular complexity index is 1100. The minimum Gasteiger partial charge on any atom is -0.291 e. The zero-order valence-electron chi connectivity index (χ0n) is 16.5. The van der Waals surface area contributed by atoms with E-state index in [2.05, 4.69) is 11.9 Å². The molecule has 7 heteroatoms. The molecule has 2 aromatic carbocycles. The minimum atomic E-state index is -0.522. The lowest BCUT2D eigenvalue weighted by Crippen LogP contribution is -2.60. The van der Waals surface area contributed by atoms with Crippen LogP contribution in [0.2, 0.25) is 0 Å². The number of amides is 1. The summed E-state index contributed by atoms with van der Waals surface area (Å²) in [6.45, 7) is 3.67. The Morgan fingerprint density at radius 3 is 2.62 bits per heavy atom. The van der Waals surface area contributed by atoms with E-state index in [9.17, 15) is 9.59 Å². The molecule has 1 atom stereocenters. The molecule has 0 radical (unpaired) electrons. The van der Waals surface area contributed by atoms with Crippen LogP contribution in [0.15, 0.2) is 64.5 Å². The van der Waals surface area contributed by atoms with Gasteiger partial charge in [-0.25, -0.2) is 4.90 Å². The third-order valence-electron chi connectivity index (χ3n) is 4.93. The lowest BCUT2D eigenvalue weighted by atomic mass is 10.0. The molecule has 0 bridgehead atoms. The second-order valence-corrected chi connectivity index (χ2v) is 8.03. The average molecular weight is 408 g/mol. The van der Waals surface area contributed by atoms with E-state index < -0.39 is 6.17 Å². The summed E-state index contributed by atoms with van der Waals surface area (Å²) in [6, 6.07) is 17.2. The molecule has 1 unspecified atom stereocenters. The second-order valence-electron chi connectivity index (χ2n) is 6.94. The molecular weight excluding hydrogens is 384 g/mol. The Morgan fingerprint density at radius 1 is 1.17 bits per heavy atom. The van der Waals surface area contributed by atoms with Gasteiger partial charge in [-0.05, 0) is 23.2 Å². The SMILES string of the molecule is CCCCSc1n[n+]2c(c(=O)[nH]1)-c1ccccc1N(C(C)=O)C2c1ccccc1. The Labute approximate surface area is 173 Å². The highest BCUT2D eigenvalue weighted by molar-refractivity contribution is 7.99. The number of unbranched alkanes of at least 4 members (excludes halogenated alkanes) is 1. The number of para-hydroxylation sites is 1. The molecule has 3 aromatic rings. The van der Waals surface area contributed by atoms with Crippen molar-refractivity contribution in [3.8, 4) is 11.3 Å². The summed E-state index contributed by atoms with van der Waals surface area (Å²) >= 11 is 1.53. The van der Waals surface area contributed by atoms with Crippen LogP contribution in [0, 0.1) is 0 Å². The molecular formula is C22H23N4O2S+. The van der Waals surface area contributed by atoms with Gasteiger partial charge in [-0.15, -0.1) is 0 Å². The van der Waals surface area contributed by atoms with Crippen molar-refractivity contribution >= 4 is 23.4 Å². The highest BCUT2D eigenvalue weighted by Crippen LogP contribution is 2.37. The quantitative estimate of drug-likeness (QED) is 0.399. The zero-order chi connectivity index (χ0) is 20.4. The summed E-state index contributed by atoms with van der Waals surface area (Å²) < 4.78 is 1.70. The fourth-order valence-electron chi connectivity index (χ4n) is 3.62. The third kappa shape index (κ3) is 3.58. The molecule has 148 valence electrons. The highest BCUT2D eigenvalue weighted by Gasteiger charge is 2.44. The lowest BCUT2D eigenvalue weighted by Gasteiger charge is -2.31. The maximum Gasteiger partial charge on any atom is 0.325 e. The molecule has 1 aromatic heterocycles. The number of rotatable bonds is 5. The van der Waals surface area contributed by atoms with Crippen LogP contribution in [-0.4, -0.2) is 21.7 Å². The molecule has 29 heavy (non-hydrogen) atoms. The van der Waals surface area contributed by atoms with Crippen molar-refractivity contribution in [3.05, 3.63) is 70.5 Å². The molecule has 1 N–H and O–H groups in total. The van der Waals surface area contributed by atoms with E-state index in [0.29, 0.717) is 22.1 Å². The molecule has 1 amide bonds. The number of thioether (sulfide) groups is 1.